The van der Waals surface area contributed by atoms with E-state index in [0.29, 0.717) is 31.1 Å². The second-order valence-electron chi connectivity index (χ2n) is 5.39. The Morgan fingerprint density at radius 2 is 2.18 bits per heavy atom. The summed E-state index contributed by atoms with van der Waals surface area (Å²) in [6.07, 6.45) is 2.56. The summed E-state index contributed by atoms with van der Waals surface area (Å²) in [6.45, 7) is 6.13. The molecule has 0 saturated carbocycles. The quantitative estimate of drug-likeness (QED) is 0.731. The minimum atomic E-state index is -0.454. The Kier molecular flexibility index (Phi) is 5.54. The predicted octanol–water partition coefficient (Wildman–Crippen LogP) is 1.19. The zero-order chi connectivity index (χ0) is 16.1. The van der Waals surface area contributed by atoms with Gasteiger partial charge in [0.15, 0.2) is 0 Å². The van der Waals surface area contributed by atoms with Gasteiger partial charge in [0.05, 0.1) is 19.4 Å². The Morgan fingerprint density at radius 1 is 1.41 bits per heavy atom. The van der Waals surface area contributed by atoms with Gasteiger partial charge >= 0.3 is 5.97 Å². The molecule has 7 nitrogen and oxygen atoms in total. The maximum absolute atomic E-state index is 11.9. The summed E-state index contributed by atoms with van der Waals surface area (Å²) < 4.78 is 10.5. The largest absolute Gasteiger partial charge is 0.477 e. The number of likely N-dealkylation sites (N-methyl/N-ethyl adjacent to an activating group) is 1. The molecule has 1 aromatic rings. The third-order valence-electron chi connectivity index (χ3n) is 3.69. The monoisotopic (exact) mass is 308 g/mol. The van der Waals surface area contributed by atoms with Gasteiger partial charge in [0, 0.05) is 19.1 Å². The Morgan fingerprint density at radius 3 is 2.77 bits per heavy atom. The molecule has 1 aromatic heterocycles. The van der Waals surface area contributed by atoms with Gasteiger partial charge in [-0.2, -0.15) is 4.98 Å². The van der Waals surface area contributed by atoms with Crippen LogP contribution in [0.1, 0.15) is 30.6 Å². The molecule has 2 heterocycles. The molecule has 1 atom stereocenters. The molecule has 0 unspecified atom stereocenters. The van der Waals surface area contributed by atoms with Crippen LogP contribution in [0, 0.1) is 0 Å². The van der Waals surface area contributed by atoms with Crippen LogP contribution in [0.4, 0.5) is 5.95 Å². The molecule has 122 valence electrons. The zero-order valence-corrected chi connectivity index (χ0v) is 13.7. The number of hydrogen-bond acceptors (Lipinski definition) is 7. The van der Waals surface area contributed by atoms with E-state index in [1.165, 1.54) is 6.20 Å². The Labute approximate surface area is 131 Å². The third-order valence-corrected chi connectivity index (χ3v) is 3.69. The molecule has 0 aromatic carbocycles. The Hall–Kier alpha value is -1.89. The van der Waals surface area contributed by atoms with Crippen LogP contribution in [0.2, 0.25) is 0 Å². The average Bonchev–Trinajstić information content (AvgIpc) is 2.98. The van der Waals surface area contributed by atoms with Gasteiger partial charge in [0.2, 0.25) is 11.8 Å². The van der Waals surface area contributed by atoms with Gasteiger partial charge in [-0.15, -0.1) is 0 Å². The molecule has 0 aliphatic carbocycles. The summed E-state index contributed by atoms with van der Waals surface area (Å²) in [4.78, 5) is 25.0. The molecular weight excluding hydrogens is 284 g/mol. The van der Waals surface area contributed by atoms with E-state index in [1.807, 2.05) is 6.92 Å². The number of esters is 1. The molecule has 0 spiro atoms. The van der Waals surface area contributed by atoms with Gasteiger partial charge in [-0.05, 0) is 34.4 Å². The molecule has 7 heteroatoms. The summed E-state index contributed by atoms with van der Waals surface area (Å²) in [5.74, 6) is 0.435. The summed E-state index contributed by atoms with van der Waals surface area (Å²) >= 11 is 0. The van der Waals surface area contributed by atoms with Crippen molar-refractivity contribution in [2.24, 2.45) is 0 Å². The van der Waals surface area contributed by atoms with Gasteiger partial charge in [-0.25, -0.2) is 9.78 Å². The van der Waals surface area contributed by atoms with Gasteiger partial charge in [0.1, 0.15) is 5.56 Å². The maximum atomic E-state index is 11.9. The van der Waals surface area contributed by atoms with Crippen molar-refractivity contribution in [3.8, 4) is 5.88 Å². The lowest BCUT2D eigenvalue weighted by Gasteiger charge is -2.20. The van der Waals surface area contributed by atoms with Gasteiger partial charge in [-0.1, -0.05) is 0 Å². The first-order valence-electron chi connectivity index (χ1n) is 7.65. The fourth-order valence-electron chi connectivity index (χ4n) is 2.45. The van der Waals surface area contributed by atoms with E-state index in [4.69, 9.17) is 9.47 Å². The first kappa shape index (κ1) is 16.5. The molecule has 0 radical (unpaired) electrons. The minimum absolute atomic E-state index is 0.274. The summed E-state index contributed by atoms with van der Waals surface area (Å²) in [5, 5.41) is 0. The lowest BCUT2D eigenvalue weighted by Crippen LogP contribution is -2.32. The predicted molar refractivity (Wildman–Crippen MR) is 83.5 cm³/mol. The fourth-order valence-corrected chi connectivity index (χ4v) is 2.45. The highest BCUT2D eigenvalue weighted by atomic mass is 16.5. The van der Waals surface area contributed by atoms with Crippen molar-refractivity contribution >= 4 is 11.9 Å². The number of carbonyl (C=O) groups is 1. The Bertz CT molecular complexity index is 522. The van der Waals surface area contributed by atoms with Crippen molar-refractivity contribution in [2.75, 3.05) is 45.3 Å². The van der Waals surface area contributed by atoms with Crippen molar-refractivity contribution in [2.45, 2.75) is 26.3 Å². The lowest BCUT2D eigenvalue weighted by molar-refractivity contribution is 0.0520. The second-order valence-corrected chi connectivity index (χ2v) is 5.39. The van der Waals surface area contributed by atoms with E-state index in [-0.39, 0.29) is 5.56 Å². The van der Waals surface area contributed by atoms with E-state index in [0.717, 1.165) is 19.5 Å². The van der Waals surface area contributed by atoms with E-state index in [1.54, 1.807) is 6.92 Å². The lowest BCUT2D eigenvalue weighted by atomic mass is 10.2. The number of hydrogen-bond donors (Lipinski definition) is 0. The van der Waals surface area contributed by atoms with E-state index >= 15 is 0 Å². The molecule has 0 N–H and O–H groups in total. The molecule has 1 saturated heterocycles. The topological polar surface area (TPSA) is 67.8 Å². The number of aromatic nitrogens is 2. The summed E-state index contributed by atoms with van der Waals surface area (Å²) in [7, 11) is 4.15. The number of nitrogens with zero attached hydrogens (tertiary/aromatic N) is 4. The maximum Gasteiger partial charge on any atom is 0.345 e. The van der Waals surface area contributed by atoms with Crippen LogP contribution in [0.25, 0.3) is 0 Å². The van der Waals surface area contributed by atoms with Crippen LogP contribution >= 0.6 is 0 Å². The normalized spacial score (nSPS) is 17.9. The molecule has 2 rings (SSSR count). The van der Waals surface area contributed by atoms with E-state index in [2.05, 4.69) is 33.9 Å². The second kappa shape index (κ2) is 7.40. The van der Waals surface area contributed by atoms with Gasteiger partial charge in [-0.3, -0.25) is 0 Å². The third kappa shape index (κ3) is 3.65. The molecule has 22 heavy (non-hydrogen) atoms. The van der Waals surface area contributed by atoms with Crippen LogP contribution in [0.3, 0.4) is 0 Å². The number of anilines is 1. The number of rotatable bonds is 6. The number of ether oxygens (including phenoxy) is 2. The molecule has 0 bridgehead atoms. The highest BCUT2D eigenvalue weighted by molar-refractivity contribution is 5.91. The van der Waals surface area contributed by atoms with Crippen molar-refractivity contribution in [3.63, 3.8) is 0 Å². The van der Waals surface area contributed by atoms with Crippen LogP contribution in [0.5, 0.6) is 5.88 Å². The molecule has 1 aliphatic heterocycles. The average molecular weight is 308 g/mol. The molecule has 1 fully saturated rings. The van der Waals surface area contributed by atoms with Crippen molar-refractivity contribution in [1.82, 2.24) is 14.9 Å². The van der Waals surface area contributed by atoms with Gasteiger partial charge < -0.3 is 19.3 Å². The highest BCUT2D eigenvalue weighted by Gasteiger charge is 2.27. The van der Waals surface area contributed by atoms with Crippen molar-refractivity contribution in [1.29, 1.82) is 0 Å². The van der Waals surface area contributed by atoms with Crippen molar-refractivity contribution < 1.29 is 14.3 Å². The van der Waals surface area contributed by atoms with Crippen LogP contribution < -0.4 is 9.64 Å². The molecule has 0 amide bonds. The Balaban J connectivity index is 2.20. The fraction of sp³-hybridized carbons (Fsp3) is 0.667. The standard InChI is InChI=1S/C15H24N4O3/c1-5-21-13-12(14(20)22-6-2)9-16-15(17-13)19-8-7-11(10-19)18(3)4/h9,11H,5-8,10H2,1-4H3/t11-/m0/s1. The first-order chi connectivity index (χ1) is 10.6. The minimum Gasteiger partial charge on any atom is -0.477 e. The SMILES string of the molecule is CCOC(=O)c1cnc(N2CC[C@H](N(C)C)C2)nc1OCC. The van der Waals surface area contributed by atoms with E-state index < -0.39 is 5.97 Å². The zero-order valence-electron chi connectivity index (χ0n) is 13.7. The summed E-state index contributed by atoms with van der Waals surface area (Å²) in [5.41, 5.74) is 0.274. The highest BCUT2D eigenvalue weighted by Crippen LogP contribution is 2.23. The van der Waals surface area contributed by atoms with E-state index in [9.17, 15) is 4.79 Å². The molecular formula is C15H24N4O3. The molecule has 1 aliphatic rings. The van der Waals surface area contributed by atoms with Gasteiger partial charge in [0.25, 0.3) is 0 Å². The van der Waals surface area contributed by atoms with Crippen LogP contribution in [0.15, 0.2) is 6.20 Å². The number of carbonyl (C=O) groups excluding carboxylic acids is 1. The summed E-state index contributed by atoms with van der Waals surface area (Å²) in [6, 6.07) is 0.490. The smallest absolute Gasteiger partial charge is 0.345 e. The first-order valence-corrected chi connectivity index (χ1v) is 7.65. The van der Waals surface area contributed by atoms with Crippen molar-refractivity contribution in [3.05, 3.63) is 11.8 Å². The van der Waals surface area contributed by atoms with Crippen LogP contribution in [-0.4, -0.2) is 67.3 Å². The van der Waals surface area contributed by atoms with Crippen LogP contribution in [-0.2, 0) is 4.74 Å².